The van der Waals surface area contributed by atoms with Gasteiger partial charge in [-0.2, -0.15) is 5.10 Å². The van der Waals surface area contributed by atoms with Crippen molar-refractivity contribution in [2.75, 3.05) is 5.32 Å². The van der Waals surface area contributed by atoms with Crippen LogP contribution in [0.5, 0.6) is 0 Å². The zero-order valence-corrected chi connectivity index (χ0v) is 17.3. The van der Waals surface area contributed by atoms with E-state index in [1.165, 1.54) is 0 Å². The van der Waals surface area contributed by atoms with Crippen molar-refractivity contribution in [3.8, 4) is 0 Å². The minimum atomic E-state index is -0.422. The summed E-state index contributed by atoms with van der Waals surface area (Å²) in [7, 11) is 0. The normalized spacial score (nSPS) is 11.0. The van der Waals surface area contributed by atoms with Crippen LogP contribution in [-0.4, -0.2) is 23.0 Å². The molecule has 6 nitrogen and oxygen atoms in total. The van der Waals surface area contributed by atoms with E-state index in [0.29, 0.717) is 21.3 Å². The average Bonchev–Trinajstić information content (AvgIpc) is 3.17. The lowest BCUT2D eigenvalue weighted by Gasteiger charge is -2.10. The van der Waals surface area contributed by atoms with Gasteiger partial charge in [0.2, 0.25) is 0 Å². The van der Waals surface area contributed by atoms with Gasteiger partial charge in [0.1, 0.15) is 0 Å². The summed E-state index contributed by atoms with van der Waals surface area (Å²) in [4.78, 5) is 28.4. The molecular formula is C23H17BrN4O2. The molecule has 30 heavy (non-hydrogen) atoms. The SMILES string of the molecule is O=C(Nc1ccccc1C(=O)NN=Cc1c[nH]c2ccccc12)c1ccccc1Br. The summed E-state index contributed by atoms with van der Waals surface area (Å²) in [5.41, 5.74) is 5.57. The van der Waals surface area contributed by atoms with E-state index in [0.717, 1.165) is 16.5 Å². The maximum absolute atomic E-state index is 12.6. The van der Waals surface area contributed by atoms with E-state index >= 15 is 0 Å². The maximum atomic E-state index is 12.6. The molecule has 0 aliphatic carbocycles. The molecule has 0 aliphatic rings. The van der Waals surface area contributed by atoms with E-state index in [2.05, 4.69) is 36.8 Å². The van der Waals surface area contributed by atoms with E-state index in [4.69, 9.17) is 0 Å². The van der Waals surface area contributed by atoms with Gasteiger partial charge in [-0.25, -0.2) is 5.43 Å². The molecule has 4 aromatic rings. The van der Waals surface area contributed by atoms with Crippen molar-refractivity contribution in [1.29, 1.82) is 0 Å². The lowest BCUT2D eigenvalue weighted by molar-refractivity contribution is 0.0956. The summed E-state index contributed by atoms with van der Waals surface area (Å²) in [6.45, 7) is 0. The fourth-order valence-electron chi connectivity index (χ4n) is 3.05. The Kier molecular flexibility index (Phi) is 5.72. The quantitative estimate of drug-likeness (QED) is 0.290. The number of hydrogen-bond acceptors (Lipinski definition) is 3. The molecule has 1 heterocycles. The number of H-pyrrole nitrogens is 1. The molecule has 148 valence electrons. The summed E-state index contributed by atoms with van der Waals surface area (Å²) < 4.78 is 0.674. The summed E-state index contributed by atoms with van der Waals surface area (Å²) in [5.74, 6) is -0.737. The molecule has 0 radical (unpaired) electrons. The maximum Gasteiger partial charge on any atom is 0.273 e. The van der Waals surface area contributed by atoms with Crippen LogP contribution in [0, 0.1) is 0 Å². The lowest BCUT2D eigenvalue weighted by Crippen LogP contribution is -2.21. The van der Waals surface area contributed by atoms with Crippen molar-refractivity contribution in [3.63, 3.8) is 0 Å². The molecule has 0 aliphatic heterocycles. The minimum absolute atomic E-state index is 0.314. The van der Waals surface area contributed by atoms with Crippen LogP contribution in [0.15, 0.2) is 88.6 Å². The van der Waals surface area contributed by atoms with Gasteiger partial charge >= 0.3 is 0 Å². The van der Waals surface area contributed by atoms with E-state index in [1.54, 1.807) is 48.7 Å². The molecule has 2 amide bonds. The van der Waals surface area contributed by atoms with Crippen LogP contribution < -0.4 is 10.7 Å². The highest BCUT2D eigenvalue weighted by Crippen LogP contribution is 2.20. The zero-order chi connectivity index (χ0) is 20.9. The summed E-state index contributed by atoms with van der Waals surface area (Å²) in [6, 6.07) is 21.7. The first-order chi connectivity index (χ1) is 14.6. The number of amides is 2. The topological polar surface area (TPSA) is 86.3 Å². The Morgan fingerprint density at radius 3 is 2.40 bits per heavy atom. The van der Waals surface area contributed by atoms with Gasteiger partial charge in [-0.05, 0) is 46.3 Å². The van der Waals surface area contributed by atoms with Crippen molar-refractivity contribution in [1.82, 2.24) is 10.4 Å². The number of carbonyl (C=O) groups is 2. The van der Waals surface area contributed by atoms with Gasteiger partial charge in [0.15, 0.2) is 0 Å². The number of carbonyl (C=O) groups excluding carboxylic acids is 2. The number of hydrazone groups is 1. The van der Waals surface area contributed by atoms with Crippen LogP contribution in [0.25, 0.3) is 10.9 Å². The van der Waals surface area contributed by atoms with Crippen molar-refractivity contribution >= 4 is 50.5 Å². The van der Waals surface area contributed by atoms with E-state index in [1.807, 2.05) is 36.5 Å². The summed E-state index contributed by atoms with van der Waals surface area (Å²) in [6.07, 6.45) is 3.41. The predicted molar refractivity (Wildman–Crippen MR) is 122 cm³/mol. The van der Waals surface area contributed by atoms with Gasteiger partial charge in [0, 0.05) is 27.1 Å². The summed E-state index contributed by atoms with van der Waals surface area (Å²) in [5, 5.41) is 7.87. The number of aromatic nitrogens is 1. The number of benzene rings is 3. The average molecular weight is 461 g/mol. The largest absolute Gasteiger partial charge is 0.361 e. The number of nitrogens with one attached hydrogen (secondary N) is 3. The van der Waals surface area contributed by atoms with Gasteiger partial charge in [-0.1, -0.05) is 42.5 Å². The molecule has 0 bridgehead atoms. The first kappa shape index (κ1) is 19.6. The highest BCUT2D eigenvalue weighted by molar-refractivity contribution is 9.10. The molecule has 0 saturated carbocycles. The number of halogens is 1. The molecule has 0 saturated heterocycles. The van der Waals surface area contributed by atoms with Crippen molar-refractivity contribution < 1.29 is 9.59 Å². The third-order valence-electron chi connectivity index (χ3n) is 4.53. The second kappa shape index (κ2) is 8.75. The molecule has 3 aromatic carbocycles. The number of anilines is 1. The Morgan fingerprint density at radius 2 is 1.57 bits per heavy atom. The third-order valence-corrected chi connectivity index (χ3v) is 5.22. The Hall–Kier alpha value is -3.71. The first-order valence-corrected chi connectivity index (χ1v) is 9.97. The second-order valence-corrected chi connectivity index (χ2v) is 7.32. The van der Waals surface area contributed by atoms with Crippen molar-refractivity contribution in [3.05, 3.63) is 100 Å². The number of fused-ring (bicyclic) bond motifs is 1. The zero-order valence-electron chi connectivity index (χ0n) is 15.7. The van der Waals surface area contributed by atoms with Gasteiger partial charge in [0.25, 0.3) is 11.8 Å². The number of para-hydroxylation sites is 2. The number of rotatable bonds is 5. The fourth-order valence-corrected chi connectivity index (χ4v) is 3.51. The van der Waals surface area contributed by atoms with Crippen LogP contribution >= 0.6 is 15.9 Å². The van der Waals surface area contributed by atoms with Crippen LogP contribution in [-0.2, 0) is 0 Å². The Morgan fingerprint density at radius 1 is 0.867 bits per heavy atom. The smallest absolute Gasteiger partial charge is 0.273 e. The molecule has 3 N–H and O–H groups in total. The molecule has 0 unspecified atom stereocenters. The van der Waals surface area contributed by atoms with Gasteiger partial charge in [-0.3, -0.25) is 9.59 Å². The monoisotopic (exact) mass is 460 g/mol. The van der Waals surface area contributed by atoms with Gasteiger partial charge in [-0.15, -0.1) is 0 Å². The minimum Gasteiger partial charge on any atom is -0.361 e. The molecule has 0 fully saturated rings. The second-order valence-electron chi connectivity index (χ2n) is 6.47. The summed E-state index contributed by atoms with van der Waals surface area (Å²) >= 11 is 3.37. The molecule has 4 rings (SSSR count). The van der Waals surface area contributed by atoms with Gasteiger partial charge < -0.3 is 10.3 Å². The number of hydrogen-bond donors (Lipinski definition) is 3. The Labute approximate surface area is 181 Å². The molecule has 0 atom stereocenters. The number of nitrogens with zero attached hydrogens (tertiary/aromatic N) is 1. The van der Waals surface area contributed by atoms with E-state index in [-0.39, 0.29) is 5.91 Å². The predicted octanol–water partition coefficient (Wildman–Crippen LogP) is 4.95. The Balaban J connectivity index is 1.49. The Bertz CT molecular complexity index is 1260. The number of aromatic amines is 1. The van der Waals surface area contributed by atoms with Crippen LogP contribution in [0.2, 0.25) is 0 Å². The van der Waals surface area contributed by atoms with E-state index < -0.39 is 5.91 Å². The molecular weight excluding hydrogens is 444 g/mol. The van der Waals surface area contributed by atoms with Crippen LogP contribution in [0.3, 0.4) is 0 Å². The molecule has 1 aromatic heterocycles. The molecule has 0 spiro atoms. The lowest BCUT2D eigenvalue weighted by atomic mass is 10.1. The van der Waals surface area contributed by atoms with Crippen molar-refractivity contribution in [2.45, 2.75) is 0 Å². The molecule has 7 heteroatoms. The highest BCUT2D eigenvalue weighted by atomic mass is 79.9. The van der Waals surface area contributed by atoms with Crippen LogP contribution in [0.1, 0.15) is 26.3 Å². The standard InChI is InChI=1S/C23H17BrN4O2/c24-19-10-4-1-8-17(19)22(29)27-21-12-6-3-9-18(21)23(30)28-26-14-15-13-25-20-11-5-2-7-16(15)20/h1-14,25H,(H,27,29)(H,28,30). The fraction of sp³-hybridized carbons (Fsp3) is 0. The van der Waals surface area contributed by atoms with Crippen LogP contribution in [0.4, 0.5) is 5.69 Å². The third kappa shape index (κ3) is 4.16. The first-order valence-electron chi connectivity index (χ1n) is 9.18. The van der Waals surface area contributed by atoms with Gasteiger partial charge in [0.05, 0.1) is 23.0 Å². The van der Waals surface area contributed by atoms with E-state index in [9.17, 15) is 9.59 Å². The van der Waals surface area contributed by atoms with Crippen molar-refractivity contribution in [2.24, 2.45) is 5.10 Å². The highest BCUT2D eigenvalue weighted by Gasteiger charge is 2.15.